The number of hydrogen-bond donors (Lipinski definition) is 2. The number of aliphatic carboxylic acids is 1. The zero-order chi connectivity index (χ0) is 11.5. The summed E-state index contributed by atoms with van der Waals surface area (Å²) in [5.41, 5.74) is 4.30. The molecule has 0 spiro atoms. The summed E-state index contributed by atoms with van der Waals surface area (Å²) in [6.45, 7) is 2.07. The number of carbonyl (C=O) groups is 2. The molecule has 1 saturated carbocycles. The second-order valence-electron chi connectivity index (χ2n) is 3.89. The lowest BCUT2D eigenvalue weighted by molar-refractivity contribution is -0.158. The standard InChI is InChI=1S/C10H18N2O3.BrH/c1-2-12(8(13)7-11)10(9(14)15)5-3-4-6-10;/h2-7,11H2,1H3,(H,14,15);1H. The largest absolute Gasteiger partial charge is 0.479 e. The highest BCUT2D eigenvalue weighted by atomic mass is 79.9. The third-order valence-corrected chi connectivity index (χ3v) is 3.14. The minimum Gasteiger partial charge on any atom is -0.479 e. The summed E-state index contributed by atoms with van der Waals surface area (Å²) in [5, 5.41) is 9.27. The fourth-order valence-electron chi connectivity index (χ4n) is 2.39. The monoisotopic (exact) mass is 294 g/mol. The lowest BCUT2D eigenvalue weighted by Gasteiger charge is -2.37. The number of nitrogens with zero attached hydrogens (tertiary/aromatic N) is 1. The predicted octanol–water partition coefficient (Wildman–Crippen LogP) is 0.769. The summed E-state index contributed by atoms with van der Waals surface area (Å²) in [6, 6.07) is 0. The SMILES string of the molecule is Br.CCN(C(=O)CN)C1(C(=O)O)CCCC1. The Bertz CT molecular complexity index is 265. The van der Waals surface area contributed by atoms with E-state index < -0.39 is 11.5 Å². The molecule has 1 amide bonds. The van der Waals surface area contributed by atoms with Gasteiger partial charge in [-0.15, -0.1) is 17.0 Å². The zero-order valence-electron chi connectivity index (χ0n) is 9.44. The molecule has 0 atom stereocenters. The number of carbonyl (C=O) groups excluding carboxylic acids is 1. The Morgan fingerprint density at radius 3 is 2.19 bits per heavy atom. The number of amides is 1. The van der Waals surface area contributed by atoms with Gasteiger partial charge in [-0.3, -0.25) is 4.79 Å². The van der Waals surface area contributed by atoms with Crippen molar-refractivity contribution in [2.75, 3.05) is 13.1 Å². The van der Waals surface area contributed by atoms with Crippen LogP contribution in [0, 0.1) is 0 Å². The number of carboxylic acids is 1. The van der Waals surface area contributed by atoms with Gasteiger partial charge in [0.25, 0.3) is 0 Å². The molecule has 94 valence electrons. The van der Waals surface area contributed by atoms with Crippen LogP contribution in [-0.2, 0) is 9.59 Å². The molecule has 1 fully saturated rings. The molecule has 1 aliphatic carbocycles. The van der Waals surface area contributed by atoms with Gasteiger partial charge in [-0.25, -0.2) is 4.79 Å². The molecular weight excluding hydrogens is 276 g/mol. The Morgan fingerprint density at radius 2 is 1.88 bits per heavy atom. The average Bonchev–Trinajstić information content (AvgIpc) is 2.69. The molecule has 0 radical (unpaired) electrons. The molecule has 3 N–H and O–H groups in total. The average molecular weight is 295 g/mol. The first kappa shape index (κ1) is 15.4. The molecule has 6 heteroatoms. The van der Waals surface area contributed by atoms with Crippen molar-refractivity contribution in [3.8, 4) is 0 Å². The van der Waals surface area contributed by atoms with Gasteiger partial charge in [0, 0.05) is 6.54 Å². The third kappa shape index (κ3) is 2.55. The highest BCUT2D eigenvalue weighted by Crippen LogP contribution is 2.35. The Labute approximate surface area is 106 Å². The number of hydrogen-bond acceptors (Lipinski definition) is 3. The van der Waals surface area contributed by atoms with Crippen LogP contribution in [0.4, 0.5) is 0 Å². The molecule has 5 nitrogen and oxygen atoms in total. The Morgan fingerprint density at radius 1 is 1.38 bits per heavy atom. The summed E-state index contributed by atoms with van der Waals surface area (Å²) in [7, 11) is 0. The second kappa shape index (κ2) is 6.20. The quantitative estimate of drug-likeness (QED) is 0.802. The fourth-order valence-corrected chi connectivity index (χ4v) is 2.39. The zero-order valence-corrected chi connectivity index (χ0v) is 11.2. The highest BCUT2D eigenvalue weighted by Gasteiger charge is 2.47. The number of rotatable bonds is 4. The second-order valence-corrected chi connectivity index (χ2v) is 3.89. The van der Waals surface area contributed by atoms with Gasteiger partial charge in [0.05, 0.1) is 6.54 Å². The summed E-state index contributed by atoms with van der Waals surface area (Å²) < 4.78 is 0. The molecule has 0 bridgehead atoms. The molecule has 0 aliphatic heterocycles. The van der Waals surface area contributed by atoms with Crippen LogP contribution in [0.5, 0.6) is 0 Å². The lowest BCUT2D eigenvalue weighted by atomic mass is 9.95. The van der Waals surface area contributed by atoms with Gasteiger partial charge in [0.15, 0.2) is 0 Å². The van der Waals surface area contributed by atoms with Gasteiger partial charge < -0.3 is 15.7 Å². The molecule has 0 aromatic heterocycles. The minimum atomic E-state index is -0.995. The van der Waals surface area contributed by atoms with E-state index in [1.807, 2.05) is 0 Å². The van der Waals surface area contributed by atoms with Crippen LogP contribution in [0.3, 0.4) is 0 Å². The highest BCUT2D eigenvalue weighted by molar-refractivity contribution is 8.93. The number of carboxylic acid groups (broad SMARTS) is 1. The van der Waals surface area contributed by atoms with E-state index in [1.54, 1.807) is 6.92 Å². The summed E-state index contributed by atoms with van der Waals surface area (Å²) >= 11 is 0. The van der Waals surface area contributed by atoms with Crippen molar-refractivity contribution in [3.05, 3.63) is 0 Å². The van der Waals surface area contributed by atoms with Gasteiger partial charge in [0.1, 0.15) is 5.54 Å². The maximum absolute atomic E-state index is 11.6. The predicted molar refractivity (Wildman–Crippen MR) is 65.6 cm³/mol. The van der Waals surface area contributed by atoms with Crippen molar-refractivity contribution in [3.63, 3.8) is 0 Å². The smallest absolute Gasteiger partial charge is 0.329 e. The van der Waals surface area contributed by atoms with Crippen LogP contribution >= 0.6 is 17.0 Å². The lowest BCUT2D eigenvalue weighted by Crippen LogP contribution is -2.56. The van der Waals surface area contributed by atoms with Crippen molar-refractivity contribution in [2.24, 2.45) is 5.73 Å². The van der Waals surface area contributed by atoms with E-state index in [9.17, 15) is 14.7 Å². The number of likely N-dealkylation sites (N-methyl/N-ethyl adjacent to an activating group) is 1. The normalized spacial score (nSPS) is 17.6. The van der Waals surface area contributed by atoms with Crippen molar-refractivity contribution in [1.29, 1.82) is 0 Å². The van der Waals surface area contributed by atoms with Crippen molar-refractivity contribution in [1.82, 2.24) is 4.90 Å². The van der Waals surface area contributed by atoms with Gasteiger partial charge in [-0.05, 0) is 19.8 Å². The number of halogens is 1. The van der Waals surface area contributed by atoms with Gasteiger partial charge in [-0.2, -0.15) is 0 Å². The Hall–Kier alpha value is -0.620. The molecule has 16 heavy (non-hydrogen) atoms. The first-order valence-electron chi connectivity index (χ1n) is 5.32. The van der Waals surface area contributed by atoms with E-state index >= 15 is 0 Å². The van der Waals surface area contributed by atoms with Crippen LogP contribution < -0.4 is 5.73 Å². The molecule has 1 aliphatic rings. The van der Waals surface area contributed by atoms with Crippen molar-refractivity contribution >= 4 is 28.9 Å². The summed E-state index contributed by atoms with van der Waals surface area (Å²) in [6.07, 6.45) is 2.81. The van der Waals surface area contributed by atoms with E-state index in [4.69, 9.17) is 5.73 Å². The van der Waals surface area contributed by atoms with Crippen molar-refractivity contribution < 1.29 is 14.7 Å². The molecule has 0 heterocycles. The first-order valence-corrected chi connectivity index (χ1v) is 5.32. The minimum absolute atomic E-state index is 0. The van der Waals surface area contributed by atoms with E-state index in [0.29, 0.717) is 19.4 Å². The molecule has 0 unspecified atom stereocenters. The maximum atomic E-state index is 11.6. The summed E-state index contributed by atoms with van der Waals surface area (Å²) in [4.78, 5) is 24.3. The van der Waals surface area contributed by atoms with E-state index in [0.717, 1.165) is 12.8 Å². The maximum Gasteiger partial charge on any atom is 0.329 e. The first-order chi connectivity index (χ1) is 7.08. The van der Waals surface area contributed by atoms with Crippen LogP contribution in [0.2, 0.25) is 0 Å². The Kier molecular flexibility index (Phi) is 5.96. The van der Waals surface area contributed by atoms with E-state index in [-0.39, 0.29) is 29.4 Å². The van der Waals surface area contributed by atoms with E-state index in [1.165, 1.54) is 4.90 Å². The van der Waals surface area contributed by atoms with Crippen LogP contribution in [0.15, 0.2) is 0 Å². The molecule has 0 aromatic rings. The summed E-state index contributed by atoms with van der Waals surface area (Å²) in [5.74, 6) is -1.18. The number of nitrogens with two attached hydrogens (primary N) is 1. The van der Waals surface area contributed by atoms with E-state index in [2.05, 4.69) is 0 Å². The fraction of sp³-hybridized carbons (Fsp3) is 0.800. The molecule has 1 rings (SSSR count). The van der Waals surface area contributed by atoms with Gasteiger partial charge in [-0.1, -0.05) is 12.8 Å². The van der Waals surface area contributed by atoms with Crippen LogP contribution in [0.25, 0.3) is 0 Å². The van der Waals surface area contributed by atoms with Crippen molar-refractivity contribution in [2.45, 2.75) is 38.1 Å². The van der Waals surface area contributed by atoms with Crippen LogP contribution in [0.1, 0.15) is 32.6 Å². The van der Waals surface area contributed by atoms with Gasteiger partial charge >= 0.3 is 5.97 Å². The van der Waals surface area contributed by atoms with Gasteiger partial charge in [0.2, 0.25) is 5.91 Å². The Balaban J connectivity index is 0.00000225. The molecule has 0 saturated heterocycles. The molecule has 0 aromatic carbocycles. The topological polar surface area (TPSA) is 83.6 Å². The van der Waals surface area contributed by atoms with Crippen LogP contribution in [-0.4, -0.2) is 40.5 Å². The molecular formula is C10H19BrN2O3. The third-order valence-electron chi connectivity index (χ3n) is 3.14.